The van der Waals surface area contributed by atoms with Gasteiger partial charge in [-0.15, -0.1) is 0 Å². The quantitative estimate of drug-likeness (QED) is 0.158. The molecule has 0 spiro atoms. The highest BCUT2D eigenvalue weighted by Crippen LogP contribution is 2.43. The first-order valence-electron chi connectivity index (χ1n) is 21.9. The van der Waals surface area contributed by atoms with Crippen molar-refractivity contribution in [3.63, 3.8) is 0 Å². The van der Waals surface area contributed by atoms with Crippen LogP contribution in [0.1, 0.15) is 184 Å². The lowest BCUT2D eigenvalue weighted by Crippen LogP contribution is -2.24. The second-order valence-corrected chi connectivity index (χ2v) is 17.2. The van der Waals surface area contributed by atoms with Gasteiger partial charge in [-0.3, -0.25) is 0 Å². The maximum atomic E-state index is 4.51. The fourth-order valence-corrected chi connectivity index (χ4v) is 8.43. The summed E-state index contributed by atoms with van der Waals surface area (Å²) in [5.74, 6) is 3.44. The Morgan fingerprint density at radius 1 is 0.887 bits per heavy atom. The molecule has 1 aromatic rings. The molecule has 2 fully saturated rings. The summed E-state index contributed by atoms with van der Waals surface area (Å²) in [6.07, 6.45) is 29.8. The molecule has 5 atom stereocenters. The van der Waals surface area contributed by atoms with E-state index in [9.17, 15) is 0 Å². The van der Waals surface area contributed by atoms with Crippen molar-refractivity contribution in [1.29, 1.82) is 0 Å². The minimum absolute atomic E-state index is 0.327. The molecular weight excluding hydrogens is 637 g/mol. The van der Waals surface area contributed by atoms with Gasteiger partial charge in [0.15, 0.2) is 0 Å². The van der Waals surface area contributed by atoms with Crippen LogP contribution in [0.2, 0.25) is 0 Å². The van der Waals surface area contributed by atoms with E-state index >= 15 is 0 Å². The monoisotopic (exact) mass is 719 g/mol. The fourth-order valence-electron chi connectivity index (χ4n) is 8.43. The Morgan fingerprint density at radius 2 is 1.53 bits per heavy atom. The van der Waals surface area contributed by atoms with Gasteiger partial charge in [-0.05, 0) is 146 Å². The number of allylic oxidation sites excluding steroid dienone is 14. The SMILES string of the molecule is C=C1CCC(C(C)(C)C)C/C1=C/C(/C=C(C)/C(=C/C)C[C@H](CCC1CCCC(CC)CC1)c1ccc(C2=CC(C)C(=C)C=C2)cc1)=C(C)C.CC.CC. The Kier molecular flexibility index (Phi) is 20.2. The summed E-state index contributed by atoms with van der Waals surface area (Å²) in [5.41, 5.74) is 14.1. The average molecular weight is 719 g/mol. The van der Waals surface area contributed by atoms with Gasteiger partial charge >= 0.3 is 0 Å². The van der Waals surface area contributed by atoms with Gasteiger partial charge in [-0.25, -0.2) is 0 Å². The fraction of sp³-hybridized carbons (Fsp3) is 0.585. The molecule has 294 valence electrons. The van der Waals surface area contributed by atoms with Crippen molar-refractivity contribution in [1.82, 2.24) is 0 Å². The predicted octanol–water partition coefficient (Wildman–Crippen LogP) is 17.3. The molecule has 0 heterocycles. The van der Waals surface area contributed by atoms with E-state index < -0.39 is 0 Å². The maximum Gasteiger partial charge on any atom is -0.000709 e. The summed E-state index contributed by atoms with van der Waals surface area (Å²) >= 11 is 0. The van der Waals surface area contributed by atoms with E-state index in [-0.39, 0.29) is 0 Å². The van der Waals surface area contributed by atoms with Crippen molar-refractivity contribution in [3.8, 4) is 0 Å². The first kappa shape index (κ1) is 46.3. The van der Waals surface area contributed by atoms with Gasteiger partial charge in [0.2, 0.25) is 0 Å². The van der Waals surface area contributed by atoms with Crippen molar-refractivity contribution in [2.24, 2.45) is 29.1 Å². The van der Waals surface area contributed by atoms with E-state index in [1.807, 2.05) is 27.7 Å². The first-order chi connectivity index (χ1) is 25.3. The van der Waals surface area contributed by atoms with Crippen LogP contribution in [0.4, 0.5) is 0 Å². The molecule has 2 saturated carbocycles. The van der Waals surface area contributed by atoms with E-state index in [0.29, 0.717) is 23.2 Å². The summed E-state index contributed by atoms with van der Waals surface area (Å²) in [6, 6.07) is 9.59. The molecule has 0 radical (unpaired) electrons. The van der Waals surface area contributed by atoms with E-state index in [1.165, 1.54) is 113 Å². The maximum absolute atomic E-state index is 4.51. The zero-order chi connectivity index (χ0) is 39.7. The zero-order valence-corrected chi connectivity index (χ0v) is 37.1. The largest absolute Gasteiger partial charge is 0.0956 e. The molecule has 3 aliphatic rings. The molecule has 4 rings (SSSR count). The molecule has 53 heavy (non-hydrogen) atoms. The minimum Gasteiger partial charge on any atom is -0.0956 e. The predicted molar refractivity (Wildman–Crippen MR) is 241 cm³/mol. The van der Waals surface area contributed by atoms with Crippen LogP contribution >= 0.6 is 0 Å². The second-order valence-electron chi connectivity index (χ2n) is 17.2. The Hall–Kier alpha value is -2.86. The van der Waals surface area contributed by atoms with Crippen molar-refractivity contribution >= 4 is 5.57 Å². The third-order valence-electron chi connectivity index (χ3n) is 12.5. The topological polar surface area (TPSA) is 0 Å². The molecule has 0 aromatic heterocycles. The highest BCUT2D eigenvalue weighted by Gasteiger charge is 2.29. The van der Waals surface area contributed by atoms with Gasteiger partial charge in [-0.2, -0.15) is 0 Å². The molecule has 0 heteroatoms. The highest BCUT2D eigenvalue weighted by atomic mass is 14.3. The van der Waals surface area contributed by atoms with Gasteiger partial charge in [0.05, 0.1) is 0 Å². The van der Waals surface area contributed by atoms with E-state index in [1.54, 1.807) is 0 Å². The zero-order valence-electron chi connectivity index (χ0n) is 37.1. The Morgan fingerprint density at radius 3 is 2.11 bits per heavy atom. The van der Waals surface area contributed by atoms with Gasteiger partial charge in [0, 0.05) is 0 Å². The molecule has 0 N–H and O–H groups in total. The van der Waals surface area contributed by atoms with Crippen molar-refractivity contribution in [2.45, 2.75) is 173 Å². The van der Waals surface area contributed by atoms with Crippen LogP contribution in [0.5, 0.6) is 0 Å². The summed E-state index contributed by atoms with van der Waals surface area (Å²) in [7, 11) is 0. The normalized spacial score (nSPS) is 23.9. The van der Waals surface area contributed by atoms with Crippen LogP contribution < -0.4 is 0 Å². The van der Waals surface area contributed by atoms with Gasteiger partial charge in [0.1, 0.15) is 0 Å². The van der Waals surface area contributed by atoms with Crippen LogP contribution in [0.15, 0.2) is 113 Å². The highest BCUT2D eigenvalue weighted by molar-refractivity contribution is 5.77. The molecule has 0 nitrogen and oxygen atoms in total. The third kappa shape index (κ3) is 14.4. The van der Waals surface area contributed by atoms with Crippen molar-refractivity contribution in [2.75, 3.05) is 0 Å². The van der Waals surface area contributed by atoms with Crippen LogP contribution in [0.3, 0.4) is 0 Å². The molecule has 0 saturated heterocycles. The van der Waals surface area contributed by atoms with Crippen LogP contribution in [-0.2, 0) is 0 Å². The van der Waals surface area contributed by atoms with Crippen molar-refractivity contribution in [3.05, 3.63) is 124 Å². The molecular formula is C53H82. The lowest BCUT2D eigenvalue weighted by molar-refractivity contribution is 0.215. The lowest BCUT2D eigenvalue weighted by atomic mass is 9.69. The van der Waals surface area contributed by atoms with E-state index in [4.69, 9.17) is 0 Å². The average Bonchev–Trinajstić information content (AvgIpc) is 3.40. The van der Waals surface area contributed by atoms with E-state index in [0.717, 1.165) is 31.1 Å². The van der Waals surface area contributed by atoms with E-state index in [2.05, 4.69) is 136 Å². The minimum atomic E-state index is 0.327. The summed E-state index contributed by atoms with van der Waals surface area (Å²) < 4.78 is 0. The summed E-state index contributed by atoms with van der Waals surface area (Å²) in [5, 5.41) is 0. The van der Waals surface area contributed by atoms with Crippen LogP contribution in [0, 0.1) is 29.1 Å². The number of rotatable bonds is 11. The lowest BCUT2D eigenvalue weighted by Gasteiger charge is -2.36. The first-order valence-corrected chi connectivity index (χ1v) is 21.9. The molecule has 0 bridgehead atoms. The standard InChI is InChI=1S/C49H70.2C2H6/c1-12-39-15-14-16-40(20-19-39)21-23-45(43-26-24-42(25-27-43)44-22-17-35(5)37(7)29-44)31-41(13-2)38(8)30-46(34(3)4)32-47-33-48(49(9,10)11)28-18-36(47)6;2*1-2/h13,17,22,24-27,29-30,32,37,39-40,45,48H,5-6,12,14-16,18-21,23,28,31,33H2,1-4,7-11H3;2*1-2H3/b38-30+,41-13+,47-32-;;/t37?,39?,40?,45-,48?;;/m0../s1. The van der Waals surface area contributed by atoms with Gasteiger partial charge in [-0.1, -0.05) is 186 Å². The molecule has 3 aliphatic carbocycles. The molecule has 4 unspecified atom stereocenters. The Balaban J connectivity index is 0.00000235. The van der Waals surface area contributed by atoms with Gasteiger partial charge < -0.3 is 0 Å². The van der Waals surface area contributed by atoms with Crippen LogP contribution in [-0.4, -0.2) is 0 Å². The van der Waals surface area contributed by atoms with Crippen LogP contribution in [0.25, 0.3) is 5.57 Å². The Labute approximate surface area is 330 Å². The number of benzene rings is 1. The third-order valence-corrected chi connectivity index (χ3v) is 12.5. The Bertz CT molecular complexity index is 1480. The summed E-state index contributed by atoms with van der Waals surface area (Å²) in [6.45, 7) is 37.7. The second kappa shape index (κ2) is 23.1. The molecule has 1 aromatic carbocycles. The van der Waals surface area contributed by atoms with Crippen molar-refractivity contribution < 1.29 is 0 Å². The number of hydrogen-bond donors (Lipinski definition) is 0. The molecule has 0 amide bonds. The number of hydrogen-bond acceptors (Lipinski definition) is 0. The van der Waals surface area contributed by atoms with Gasteiger partial charge in [0.25, 0.3) is 0 Å². The smallest absolute Gasteiger partial charge is 0.000709 e. The summed E-state index contributed by atoms with van der Waals surface area (Å²) in [4.78, 5) is 0. The molecule has 0 aliphatic heterocycles.